The molecule has 0 aliphatic rings. The second-order valence-corrected chi connectivity index (χ2v) is 9.54. The van der Waals surface area contributed by atoms with Gasteiger partial charge in [-0.1, -0.05) is 22.9 Å². The monoisotopic (exact) mass is 657 g/mol. The normalized spacial score (nSPS) is 12.2. The van der Waals surface area contributed by atoms with Gasteiger partial charge >= 0.3 is 5.97 Å². The number of methoxy groups -OCH3 is 1. The Labute approximate surface area is 221 Å². The molecule has 0 fully saturated rings. The first kappa shape index (κ1) is 26.4. The number of rotatable bonds is 8. The van der Waals surface area contributed by atoms with Crippen LogP contribution in [0.15, 0.2) is 47.6 Å². The van der Waals surface area contributed by atoms with Crippen LogP contribution >= 0.6 is 47.8 Å². The van der Waals surface area contributed by atoms with E-state index in [0.29, 0.717) is 49.2 Å². The minimum absolute atomic E-state index is 0.254. The number of hydrogen-bond donors (Lipinski definition) is 0. The molecular formula is C23H22Br3N3O5. The lowest BCUT2D eigenvalue weighted by Crippen LogP contribution is -2.26. The van der Waals surface area contributed by atoms with Crippen molar-refractivity contribution in [3.05, 3.63) is 59.4 Å². The van der Waals surface area contributed by atoms with Gasteiger partial charge < -0.3 is 14.2 Å². The molecule has 0 bridgehead atoms. The lowest BCUT2D eigenvalue weighted by atomic mass is 10.2. The number of ether oxygens (including phenoxy) is 3. The second-order valence-electron chi connectivity index (χ2n) is 7.04. The average Bonchev–Trinajstić information content (AvgIpc) is 2.82. The molecule has 8 nitrogen and oxygen atoms in total. The highest BCUT2D eigenvalue weighted by molar-refractivity contribution is 9.13. The summed E-state index contributed by atoms with van der Waals surface area (Å²) in [6.45, 7) is 5.48. The van der Waals surface area contributed by atoms with Crippen LogP contribution in [0.25, 0.3) is 10.9 Å². The topological polar surface area (TPSA) is 92.0 Å². The molecule has 0 aliphatic carbocycles. The van der Waals surface area contributed by atoms with E-state index in [2.05, 4.69) is 57.9 Å². The van der Waals surface area contributed by atoms with Crippen LogP contribution in [-0.4, -0.2) is 41.7 Å². The Morgan fingerprint density at radius 1 is 1.21 bits per heavy atom. The fourth-order valence-corrected chi connectivity index (χ4v) is 4.38. The van der Waals surface area contributed by atoms with Crippen LogP contribution in [0.5, 0.6) is 11.5 Å². The van der Waals surface area contributed by atoms with Crippen LogP contribution < -0.4 is 15.0 Å². The predicted molar refractivity (Wildman–Crippen MR) is 141 cm³/mol. The summed E-state index contributed by atoms with van der Waals surface area (Å²) >= 11 is 10.4. The quantitative estimate of drug-likeness (QED) is 0.235. The summed E-state index contributed by atoms with van der Waals surface area (Å²) in [6.07, 6.45) is 1.21. The largest absolute Gasteiger partial charge is 0.493 e. The number of nitrogens with zero attached hydrogens (tertiary/aromatic N) is 3. The molecular weight excluding hydrogens is 638 g/mol. The molecule has 3 rings (SSSR count). The lowest BCUT2D eigenvalue weighted by Gasteiger charge is -2.18. The van der Waals surface area contributed by atoms with E-state index in [1.54, 1.807) is 32.0 Å². The van der Waals surface area contributed by atoms with E-state index in [0.717, 1.165) is 4.47 Å². The van der Waals surface area contributed by atoms with Gasteiger partial charge in [-0.2, -0.15) is 9.78 Å². The third-order valence-corrected chi connectivity index (χ3v) is 7.43. The molecule has 0 radical (unpaired) electrons. The number of esters is 1. The van der Waals surface area contributed by atoms with Gasteiger partial charge in [0.1, 0.15) is 5.82 Å². The number of hydrogen-bond acceptors (Lipinski definition) is 7. The van der Waals surface area contributed by atoms with Gasteiger partial charge in [-0.3, -0.25) is 4.79 Å². The predicted octanol–water partition coefficient (Wildman–Crippen LogP) is 5.47. The SMILES string of the molecule is CCOC(=O)[C@H](C)Oc1c(OC)cc(C=Nn2c(CC)nc3ccc(Br)cc3c2=O)c(Br)c1Br. The molecule has 0 unspecified atom stereocenters. The number of aryl methyl sites for hydroxylation is 1. The van der Waals surface area contributed by atoms with Crippen molar-refractivity contribution in [2.75, 3.05) is 13.7 Å². The van der Waals surface area contributed by atoms with Crippen molar-refractivity contribution in [3.63, 3.8) is 0 Å². The minimum atomic E-state index is -0.842. The van der Waals surface area contributed by atoms with E-state index in [4.69, 9.17) is 14.2 Å². The Balaban J connectivity index is 2.05. The maximum Gasteiger partial charge on any atom is 0.347 e. The van der Waals surface area contributed by atoms with Crippen LogP contribution in [0, 0.1) is 0 Å². The zero-order valence-electron chi connectivity index (χ0n) is 18.9. The number of fused-ring (bicyclic) bond motifs is 1. The van der Waals surface area contributed by atoms with Gasteiger partial charge in [0.15, 0.2) is 17.6 Å². The van der Waals surface area contributed by atoms with Crippen molar-refractivity contribution in [3.8, 4) is 11.5 Å². The lowest BCUT2D eigenvalue weighted by molar-refractivity contribution is -0.150. The fourth-order valence-electron chi connectivity index (χ4n) is 3.11. The maximum atomic E-state index is 13.1. The van der Waals surface area contributed by atoms with Gasteiger partial charge in [0.05, 0.1) is 35.3 Å². The maximum absolute atomic E-state index is 13.1. The van der Waals surface area contributed by atoms with Crippen molar-refractivity contribution >= 4 is 70.9 Å². The van der Waals surface area contributed by atoms with Gasteiger partial charge in [0.2, 0.25) is 0 Å². The van der Waals surface area contributed by atoms with E-state index in [1.807, 2.05) is 13.0 Å². The van der Waals surface area contributed by atoms with Gasteiger partial charge in [-0.05, 0) is 70.0 Å². The smallest absolute Gasteiger partial charge is 0.347 e. The molecule has 0 amide bonds. The summed E-state index contributed by atoms with van der Waals surface area (Å²) in [4.78, 5) is 29.7. The second kappa shape index (κ2) is 11.5. The number of aromatic nitrogens is 2. The number of carbonyl (C=O) groups excluding carboxylic acids is 1. The van der Waals surface area contributed by atoms with E-state index in [9.17, 15) is 9.59 Å². The number of halogens is 3. The highest BCUT2D eigenvalue weighted by Gasteiger charge is 2.23. The van der Waals surface area contributed by atoms with Crippen LogP contribution in [0.3, 0.4) is 0 Å². The van der Waals surface area contributed by atoms with Crippen molar-refractivity contribution in [1.82, 2.24) is 9.66 Å². The zero-order chi connectivity index (χ0) is 25.0. The van der Waals surface area contributed by atoms with Crippen LogP contribution in [-0.2, 0) is 16.0 Å². The Kier molecular flexibility index (Phi) is 8.89. The van der Waals surface area contributed by atoms with E-state index in [-0.39, 0.29) is 12.2 Å². The summed E-state index contributed by atoms with van der Waals surface area (Å²) in [5, 5.41) is 4.88. The first-order valence-electron chi connectivity index (χ1n) is 10.4. The Morgan fingerprint density at radius 3 is 2.59 bits per heavy atom. The molecule has 180 valence electrons. The molecule has 1 aromatic heterocycles. The van der Waals surface area contributed by atoms with Gasteiger partial charge in [-0.15, -0.1) is 0 Å². The van der Waals surface area contributed by atoms with E-state index in [1.165, 1.54) is 18.0 Å². The van der Waals surface area contributed by atoms with Crippen LogP contribution in [0.4, 0.5) is 0 Å². The molecule has 0 aliphatic heterocycles. The van der Waals surface area contributed by atoms with Crippen molar-refractivity contribution in [1.29, 1.82) is 0 Å². The molecule has 0 spiro atoms. The summed E-state index contributed by atoms with van der Waals surface area (Å²) < 4.78 is 19.5. The van der Waals surface area contributed by atoms with Crippen LogP contribution in [0.2, 0.25) is 0 Å². The summed E-state index contributed by atoms with van der Waals surface area (Å²) in [7, 11) is 1.49. The average molecular weight is 660 g/mol. The summed E-state index contributed by atoms with van der Waals surface area (Å²) in [5.74, 6) is 0.744. The van der Waals surface area contributed by atoms with E-state index < -0.39 is 12.1 Å². The molecule has 0 saturated heterocycles. The fraction of sp³-hybridized carbons (Fsp3) is 0.304. The molecule has 1 atom stereocenters. The Bertz CT molecular complexity index is 1320. The van der Waals surface area contributed by atoms with Gasteiger partial charge in [0, 0.05) is 20.9 Å². The molecule has 2 aromatic carbocycles. The minimum Gasteiger partial charge on any atom is -0.493 e. The summed E-state index contributed by atoms with van der Waals surface area (Å²) in [6, 6.07) is 7.05. The van der Waals surface area contributed by atoms with Gasteiger partial charge in [0.25, 0.3) is 5.56 Å². The third-order valence-electron chi connectivity index (χ3n) is 4.79. The highest BCUT2D eigenvalue weighted by Crippen LogP contribution is 2.42. The van der Waals surface area contributed by atoms with E-state index >= 15 is 0 Å². The number of benzene rings is 2. The van der Waals surface area contributed by atoms with Gasteiger partial charge in [-0.25, -0.2) is 9.78 Å². The zero-order valence-corrected chi connectivity index (χ0v) is 23.7. The molecule has 34 heavy (non-hydrogen) atoms. The molecule has 1 heterocycles. The Morgan fingerprint density at radius 2 is 1.94 bits per heavy atom. The van der Waals surface area contributed by atoms with Crippen LogP contribution in [0.1, 0.15) is 32.2 Å². The highest BCUT2D eigenvalue weighted by atomic mass is 79.9. The molecule has 3 aromatic rings. The first-order chi connectivity index (χ1) is 16.2. The van der Waals surface area contributed by atoms with Crippen molar-refractivity contribution in [2.45, 2.75) is 33.3 Å². The first-order valence-corrected chi connectivity index (χ1v) is 12.7. The number of carbonyl (C=O) groups is 1. The summed E-state index contributed by atoms with van der Waals surface area (Å²) in [5.41, 5.74) is 0.951. The molecule has 0 saturated carbocycles. The Hall–Kier alpha value is -2.24. The standard InChI is InChI=1S/C23H22Br3N3O5/c1-5-18-28-16-8-7-14(24)10-15(16)22(30)29(18)27-11-13-9-17(32-4)21(20(26)19(13)25)34-12(3)23(31)33-6-2/h7-12H,5-6H2,1-4H3/t12-/m0/s1. The molecule has 11 heteroatoms. The molecule has 0 N–H and O–H groups in total. The van der Waals surface area contributed by atoms with Crippen molar-refractivity contribution < 1.29 is 19.0 Å². The third kappa shape index (κ3) is 5.52. The van der Waals surface area contributed by atoms with Crippen molar-refractivity contribution in [2.24, 2.45) is 5.10 Å².